The van der Waals surface area contributed by atoms with Crippen LogP contribution in [0.5, 0.6) is 0 Å². The van der Waals surface area contributed by atoms with Crippen LogP contribution in [0.25, 0.3) is 0 Å². The molecule has 0 amide bonds. The Balaban J connectivity index is 2.24. The Morgan fingerprint density at radius 3 is 3.00 bits per heavy atom. The molecule has 2 heterocycles. The van der Waals surface area contributed by atoms with Gasteiger partial charge in [-0.1, -0.05) is 13.0 Å². The molecule has 0 saturated carbocycles. The van der Waals surface area contributed by atoms with Gasteiger partial charge in [-0.3, -0.25) is 4.98 Å². The van der Waals surface area contributed by atoms with E-state index >= 15 is 0 Å². The van der Waals surface area contributed by atoms with E-state index in [9.17, 15) is 0 Å². The highest BCUT2D eigenvalue weighted by atomic mass is 16.5. The maximum Gasteiger partial charge on any atom is 0.114 e. The second-order valence-corrected chi connectivity index (χ2v) is 4.03. The number of hydrogen-bond acceptors (Lipinski definition) is 3. The largest absolute Gasteiger partial charge is 0.496 e. The molecule has 1 aromatic heterocycles. The number of nitrogens with zero attached hydrogens (tertiary/aromatic N) is 1. The molecule has 3 heteroatoms. The molecule has 0 aromatic carbocycles. The fraction of sp³-hybridized carbons (Fsp3) is 0.462. The molecule has 0 saturated heterocycles. The fourth-order valence-corrected chi connectivity index (χ4v) is 1.96. The second kappa shape index (κ2) is 5.12. The van der Waals surface area contributed by atoms with E-state index in [1.807, 2.05) is 12.4 Å². The predicted octanol–water partition coefficient (Wildman–Crippen LogP) is 2.34. The topological polar surface area (TPSA) is 34.1 Å². The number of rotatable bonds is 4. The maximum atomic E-state index is 5.63. The summed E-state index contributed by atoms with van der Waals surface area (Å²) in [4.78, 5) is 4.24. The molecule has 0 spiro atoms. The summed E-state index contributed by atoms with van der Waals surface area (Å²) in [5.74, 6) is 1.04. The third kappa shape index (κ3) is 2.42. The van der Waals surface area contributed by atoms with Gasteiger partial charge in [0.05, 0.1) is 12.6 Å². The highest BCUT2D eigenvalue weighted by Gasteiger charge is 2.20. The second-order valence-electron chi connectivity index (χ2n) is 4.03. The summed E-state index contributed by atoms with van der Waals surface area (Å²) >= 11 is 0. The summed E-state index contributed by atoms with van der Waals surface area (Å²) in [7, 11) is 0. The summed E-state index contributed by atoms with van der Waals surface area (Å²) in [5.41, 5.74) is 2.36. The van der Waals surface area contributed by atoms with Crippen molar-refractivity contribution in [3.05, 3.63) is 41.4 Å². The van der Waals surface area contributed by atoms with Crippen LogP contribution in [-0.2, 0) is 4.74 Å². The number of aromatic nitrogens is 1. The van der Waals surface area contributed by atoms with Gasteiger partial charge < -0.3 is 10.1 Å². The van der Waals surface area contributed by atoms with Crippen molar-refractivity contribution < 1.29 is 4.74 Å². The lowest BCUT2D eigenvalue weighted by atomic mass is 10.1. The number of aryl methyl sites for hydroxylation is 1. The minimum Gasteiger partial charge on any atom is -0.496 e. The van der Waals surface area contributed by atoms with Gasteiger partial charge in [0.15, 0.2) is 0 Å². The van der Waals surface area contributed by atoms with Gasteiger partial charge in [0.1, 0.15) is 5.76 Å². The van der Waals surface area contributed by atoms with Crippen LogP contribution in [0, 0.1) is 6.92 Å². The molecule has 1 N–H and O–H groups in total. The van der Waals surface area contributed by atoms with Crippen LogP contribution < -0.4 is 5.32 Å². The first-order valence-electron chi connectivity index (χ1n) is 5.79. The molecule has 0 fully saturated rings. The Labute approximate surface area is 96.5 Å². The third-order valence-corrected chi connectivity index (χ3v) is 2.65. The molecule has 2 rings (SSSR count). The molecular formula is C13H18N2O. The summed E-state index contributed by atoms with van der Waals surface area (Å²) < 4.78 is 5.63. The van der Waals surface area contributed by atoms with Crippen molar-refractivity contribution in [2.75, 3.05) is 13.2 Å². The van der Waals surface area contributed by atoms with Crippen LogP contribution in [-0.4, -0.2) is 18.1 Å². The van der Waals surface area contributed by atoms with Gasteiger partial charge in [-0.25, -0.2) is 0 Å². The van der Waals surface area contributed by atoms with Crippen molar-refractivity contribution in [2.24, 2.45) is 0 Å². The van der Waals surface area contributed by atoms with E-state index in [0.717, 1.165) is 25.3 Å². The minimum atomic E-state index is 0.153. The Morgan fingerprint density at radius 1 is 1.50 bits per heavy atom. The Morgan fingerprint density at radius 2 is 2.38 bits per heavy atom. The van der Waals surface area contributed by atoms with E-state index in [0.29, 0.717) is 0 Å². The number of hydrogen-bond donors (Lipinski definition) is 1. The van der Waals surface area contributed by atoms with E-state index in [1.165, 1.54) is 11.1 Å². The van der Waals surface area contributed by atoms with Crippen LogP contribution in [0.15, 0.2) is 30.3 Å². The Hall–Kier alpha value is -1.35. The number of pyridine rings is 1. The summed E-state index contributed by atoms with van der Waals surface area (Å²) in [6.45, 7) is 5.88. The zero-order valence-electron chi connectivity index (χ0n) is 9.86. The lowest BCUT2D eigenvalue weighted by Gasteiger charge is -2.19. The van der Waals surface area contributed by atoms with Crippen molar-refractivity contribution >= 4 is 0 Å². The number of likely N-dealkylation sites (N-methyl/N-ethyl adjacent to an activating group) is 1. The lowest BCUT2D eigenvalue weighted by Crippen LogP contribution is -2.23. The standard InChI is InChI=1S/C13H18N2O/c1-3-15-13(12-5-4-6-16-12)11-7-10(2)8-14-9-11/h5,7-9,13,15H,3-4,6H2,1-2H3. The molecule has 1 aliphatic heterocycles. The molecule has 3 nitrogen and oxygen atoms in total. The Kier molecular flexibility index (Phi) is 3.57. The highest BCUT2D eigenvalue weighted by Crippen LogP contribution is 2.26. The summed E-state index contributed by atoms with van der Waals surface area (Å²) in [6, 6.07) is 2.31. The molecule has 0 radical (unpaired) electrons. The van der Waals surface area contributed by atoms with Crippen LogP contribution in [0.2, 0.25) is 0 Å². The van der Waals surface area contributed by atoms with Crippen molar-refractivity contribution in [1.82, 2.24) is 10.3 Å². The van der Waals surface area contributed by atoms with Crippen molar-refractivity contribution in [2.45, 2.75) is 26.3 Å². The van der Waals surface area contributed by atoms with Crippen molar-refractivity contribution in [1.29, 1.82) is 0 Å². The van der Waals surface area contributed by atoms with E-state index in [-0.39, 0.29) is 6.04 Å². The Bertz CT molecular complexity index is 387. The molecule has 1 aliphatic rings. The first-order valence-corrected chi connectivity index (χ1v) is 5.79. The predicted molar refractivity (Wildman–Crippen MR) is 64.0 cm³/mol. The molecule has 1 aromatic rings. The van der Waals surface area contributed by atoms with Gasteiger partial charge in [-0.05, 0) is 30.7 Å². The normalized spacial score (nSPS) is 16.8. The molecule has 0 aliphatic carbocycles. The average Bonchev–Trinajstić information content (AvgIpc) is 2.79. The van der Waals surface area contributed by atoms with E-state index in [2.05, 4.69) is 36.3 Å². The monoisotopic (exact) mass is 218 g/mol. The smallest absolute Gasteiger partial charge is 0.114 e. The van der Waals surface area contributed by atoms with Crippen LogP contribution in [0.3, 0.4) is 0 Å². The summed E-state index contributed by atoms with van der Waals surface area (Å²) in [5, 5.41) is 3.43. The van der Waals surface area contributed by atoms with Gasteiger partial charge in [-0.2, -0.15) is 0 Å². The fourth-order valence-electron chi connectivity index (χ4n) is 1.96. The number of ether oxygens (including phenoxy) is 1. The molecule has 86 valence electrons. The number of nitrogens with one attached hydrogen (secondary N) is 1. The minimum absolute atomic E-state index is 0.153. The van der Waals surface area contributed by atoms with Crippen molar-refractivity contribution in [3.8, 4) is 0 Å². The average molecular weight is 218 g/mol. The SMILES string of the molecule is CCNC(C1=CCCO1)c1cncc(C)c1. The summed E-state index contributed by atoms with van der Waals surface area (Å²) in [6.07, 6.45) is 6.95. The first-order chi connectivity index (χ1) is 7.81. The molecule has 16 heavy (non-hydrogen) atoms. The molecule has 1 atom stereocenters. The lowest BCUT2D eigenvalue weighted by molar-refractivity contribution is 0.216. The maximum absolute atomic E-state index is 5.63. The molecular weight excluding hydrogens is 200 g/mol. The highest BCUT2D eigenvalue weighted by molar-refractivity contribution is 5.27. The first kappa shape index (κ1) is 11.1. The third-order valence-electron chi connectivity index (χ3n) is 2.65. The van der Waals surface area contributed by atoms with Gasteiger partial charge >= 0.3 is 0 Å². The molecule has 0 bridgehead atoms. The molecule has 1 unspecified atom stereocenters. The van der Waals surface area contributed by atoms with Gasteiger partial charge in [-0.15, -0.1) is 0 Å². The zero-order valence-corrected chi connectivity index (χ0v) is 9.86. The van der Waals surface area contributed by atoms with Crippen LogP contribution in [0.1, 0.15) is 30.5 Å². The van der Waals surface area contributed by atoms with Crippen molar-refractivity contribution in [3.63, 3.8) is 0 Å². The quantitative estimate of drug-likeness (QED) is 0.842. The van der Waals surface area contributed by atoms with Crippen LogP contribution in [0.4, 0.5) is 0 Å². The van der Waals surface area contributed by atoms with Gasteiger partial charge in [0, 0.05) is 18.8 Å². The van der Waals surface area contributed by atoms with Gasteiger partial charge in [0.25, 0.3) is 0 Å². The zero-order chi connectivity index (χ0) is 11.4. The van der Waals surface area contributed by atoms with Gasteiger partial charge in [0.2, 0.25) is 0 Å². The van der Waals surface area contributed by atoms with E-state index in [4.69, 9.17) is 4.74 Å². The van der Waals surface area contributed by atoms with E-state index < -0.39 is 0 Å². The van der Waals surface area contributed by atoms with E-state index in [1.54, 1.807) is 0 Å². The van der Waals surface area contributed by atoms with Crippen LogP contribution >= 0.6 is 0 Å².